The Morgan fingerprint density at radius 2 is 1.29 bits per heavy atom. The second kappa shape index (κ2) is 13.9. The van der Waals surface area contributed by atoms with E-state index in [0.29, 0.717) is 6.61 Å². The summed E-state index contributed by atoms with van der Waals surface area (Å²) in [6.07, 6.45) is 13.2. The number of ketones is 1. The first-order chi connectivity index (χ1) is 18.5. The fraction of sp³-hybridized carbons (Fsp3) is 0.576. The van der Waals surface area contributed by atoms with Gasteiger partial charge in [-0.05, 0) is 69.1 Å². The monoisotopic (exact) mass is 520 g/mol. The zero-order chi connectivity index (χ0) is 26.7. The summed E-state index contributed by atoms with van der Waals surface area (Å²) in [5.74, 6) is 0.942. The van der Waals surface area contributed by atoms with Crippen LogP contribution in [0.15, 0.2) is 60.7 Å². The average Bonchev–Trinajstić information content (AvgIpc) is 3.88. The molecule has 1 atom stereocenters. The van der Waals surface area contributed by atoms with E-state index in [0.717, 1.165) is 101 Å². The summed E-state index contributed by atoms with van der Waals surface area (Å²) in [6.45, 7) is 0.520. The van der Waals surface area contributed by atoms with Gasteiger partial charge in [-0.2, -0.15) is 0 Å². The van der Waals surface area contributed by atoms with Gasteiger partial charge in [-0.3, -0.25) is 9.59 Å². The van der Waals surface area contributed by atoms with Gasteiger partial charge in [-0.1, -0.05) is 87.1 Å². The molecular formula is C33H44O5. The molecule has 5 nitrogen and oxygen atoms in total. The highest BCUT2D eigenvalue weighted by Crippen LogP contribution is 2.51. The number of rotatable bonds is 19. The molecule has 0 aromatic heterocycles. The van der Waals surface area contributed by atoms with Crippen molar-refractivity contribution < 1.29 is 24.2 Å². The van der Waals surface area contributed by atoms with Gasteiger partial charge in [0.1, 0.15) is 19.0 Å². The number of carbonyl (C=O) groups is 2. The molecule has 2 aliphatic rings. The molecule has 1 unspecified atom stereocenters. The van der Waals surface area contributed by atoms with E-state index in [1.54, 1.807) is 0 Å². The largest absolute Gasteiger partial charge is 0.486 e. The molecule has 0 heterocycles. The first-order valence-electron chi connectivity index (χ1n) is 14.6. The lowest BCUT2D eigenvalue weighted by molar-refractivity contribution is -0.152. The molecule has 2 fully saturated rings. The molecular weight excluding hydrogens is 476 g/mol. The van der Waals surface area contributed by atoms with Gasteiger partial charge < -0.3 is 14.6 Å². The highest BCUT2D eigenvalue weighted by Gasteiger charge is 2.50. The summed E-state index contributed by atoms with van der Waals surface area (Å²) in [5, 5.41) is 10.4. The van der Waals surface area contributed by atoms with Crippen LogP contribution in [-0.2, 0) is 20.9 Å². The van der Waals surface area contributed by atoms with E-state index in [4.69, 9.17) is 9.47 Å². The Morgan fingerprint density at radius 3 is 1.87 bits per heavy atom. The number of hydrogen-bond donors (Lipinski definition) is 1. The van der Waals surface area contributed by atoms with Crippen LogP contribution < -0.4 is 4.74 Å². The lowest BCUT2D eigenvalue weighted by Crippen LogP contribution is -2.23. The summed E-state index contributed by atoms with van der Waals surface area (Å²) in [6, 6.07) is 19.4. The van der Waals surface area contributed by atoms with Crippen molar-refractivity contribution >= 4 is 11.8 Å². The molecule has 1 N–H and O–H groups in total. The summed E-state index contributed by atoms with van der Waals surface area (Å²) in [5.41, 5.74) is 0.626. The molecule has 0 aliphatic heterocycles. The molecule has 2 aliphatic carbocycles. The predicted molar refractivity (Wildman–Crippen MR) is 149 cm³/mol. The Morgan fingerprint density at radius 1 is 0.737 bits per heavy atom. The van der Waals surface area contributed by atoms with Crippen molar-refractivity contribution in [2.75, 3.05) is 6.61 Å². The average molecular weight is 521 g/mol. The van der Waals surface area contributed by atoms with Crippen molar-refractivity contribution in [2.45, 2.75) is 103 Å². The molecule has 2 aromatic rings. The number of ether oxygens (including phenoxy) is 2. The normalized spacial score (nSPS) is 17.4. The van der Waals surface area contributed by atoms with Crippen molar-refractivity contribution in [1.29, 1.82) is 0 Å². The number of aliphatic hydroxyl groups excluding tert-OH is 1. The summed E-state index contributed by atoms with van der Waals surface area (Å²) in [4.78, 5) is 25.2. The Hall–Kier alpha value is -2.66. The first-order valence-corrected chi connectivity index (χ1v) is 14.6. The Labute approximate surface area is 227 Å². The molecule has 4 rings (SSSR count). The van der Waals surface area contributed by atoms with Gasteiger partial charge in [0.15, 0.2) is 5.78 Å². The van der Waals surface area contributed by atoms with Gasteiger partial charge in [0.2, 0.25) is 0 Å². The van der Waals surface area contributed by atoms with Crippen molar-refractivity contribution in [3.63, 3.8) is 0 Å². The maximum Gasteiger partial charge on any atom is 0.312 e. The van der Waals surface area contributed by atoms with Gasteiger partial charge in [0.05, 0.1) is 11.5 Å². The molecule has 5 heteroatoms. The maximum atomic E-state index is 12.6. The number of Topliss-reactive ketones (excluding diaryl/α,β-unsaturated/α-hetero) is 1. The van der Waals surface area contributed by atoms with E-state index in [2.05, 4.69) is 0 Å². The zero-order valence-electron chi connectivity index (χ0n) is 22.7. The van der Waals surface area contributed by atoms with Crippen LogP contribution in [-0.4, -0.2) is 29.6 Å². The minimum absolute atomic E-state index is 0.0419. The van der Waals surface area contributed by atoms with E-state index < -0.39 is 0 Å². The van der Waals surface area contributed by atoms with Crippen LogP contribution in [0.1, 0.15) is 95.5 Å². The van der Waals surface area contributed by atoms with Crippen LogP contribution in [0.3, 0.4) is 0 Å². The lowest BCUT2D eigenvalue weighted by Gasteiger charge is -2.16. The Balaban J connectivity index is 0.995. The topological polar surface area (TPSA) is 72.8 Å². The third-order valence-corrected chi connectivity index (χ3v) is 8.44. The lowest BCUT2D eigenvalue weighted by atomic mass is 9.93. The van der Waals surface area contributed by atoms with Crippen LogP contribution in [0, 0.1) is 10.8 Å². The molecule has 0 saturated heterocycles. The first kappa shape index (κ1) is 28.4. The fourth-order valence-electron chi connectivity index (χ4n) is 5.41. The van der Waals surface area contributed by atoms with Gasteiger partial charge in [0, 0.05) is 5.41 Å². The third-order valence-electron chi connectivity index (χ3n) is 8.44. The number of esters is 1. The van der Waals surface area contributed by atoms with E-state index in [-0.39, 0.29) is 35.3 Å². The van der Waals surface area contributed by atoms with Crippen LogP contribution in [0.25, 0.3) is 0 Å². The third kappa shape index (κ3) is 8.69. The summed E-state index contributed by atoms with van der Waals surface area (Å²) >= 11 is 0. The maximum absolute atomic E-state index is 12.6. The van der Waals surface area contributed by atoms with E-state index >= 15 is 0 Å². The standard InChI is InChI=1S/C33H44O5/c34-28(15-7-3-11-19-32(21-22-32)30(35)26-37-29-17-9-2-10-18-29)16-8-4-12-20-33(23-24-33)31(36)38-25-27-13-5-1-6-14-27/h1-2,5-6,9-10,13-14,17-18,28,34H,3-4,7-8,11-12,15-16,19-26H2. The number of unbranched alkanes of at least 4 members (excludes halogenated alkanes) is 4. The molecule has 0 spiro atoms. The van der Waals surface area contributed by atoms with E-state index in [9.17, 15) is 14.7 Å². The van der Waals surface area contributed by atoms with Crippen LogP contribution in [0.5, 0.6) is 5.75 Å². The second-order valence-corrected chi connectivity index (χ2v) is 11.5. The van der Waals surface area contributed by atoms with E-state index in [1.807, 2.05) is 60.7 Å². The SMILES string of the molecule is O=C(COc1ccccc1)C1(CCCCCC(O)CCCCCC2(C(=O)OCc3ccccc3)CC2)CC1. The van der Waals surface area contributed by atoms with Crippen molar-refractivity contribution in [3.05, 3.63) is 66.2 Å². The zero-order valence-corrected chi connectivity index (χ0v) is 22.7. The highest BCUT2D eigenvalue weighted by atomic mass is 16.5. The smallest absolute Gasteiger partial charge is 0.312 e. The number of hydrogen-bond acceptors (Lipinski definition) is 5. The highest BCUT2D eigenvalue weighted by molar-refractivity contribution is 5.88. The summed E-state index contributed by atoms with van der Waals surface area (Å²) < 4.78 is 11.2. The Kier molecular flexibility index (Phi) is 10.4. The molecule has 38 heavy (non-hydrogen) atoms. The van der Waals surface area contributed by atoms with Crippen LogP contribution in [0.4, 0.5) is 0 Å². The van der Waals surface area contributed by atoms with Crippen molar-refractivity contribution in [3.8, 4) is 5.75 Å². The summed E-state index contributed by atoms with van der Waals surface area (Å²) in [7, 11) is 0. The van der Waals surface area contributed by atoms with Gasteiger partial charge >= 0.3 is 5.97 Å². The predicted octanol–water partition coefficient (Wildman–Crippen LogP) is 7.20. The number of benzene rings is 2. The Bertz CT molecular complexity index is 913. The number of para-hydroxylation sites is 1. The molecule has 2 saturated carbocycles. The van der Waals surface area contributed by atoms with Crippen molar-refractivity contribution in [2.24, 2.45) is 10.8 Å². The fourth-order valence-corrected chi connectivity index (χ4v) is 5.41. The van der Waals surface area contributed by atoms with E-state index in [1.165, 1.54) is 0 Å². The minimum Gasteiger partial charge on any atom is -0.486 e. The van der Waals surface area contributed by atoms with Crippen LogP contribution in [0.2, 0.25) is 0 Å². The van der Waals surface area contributed by atoms with Gasteiger partial charge in [-0.15, -0.1) is 0 Å². The molecule has 0 amide bonds. The number of aliphatic hydroxyl groups is 1. The van der Waals surface area contributed by atoms with Crippen LogP contribution >= 0.6 is 0 Å². The van der Waals surface area contributed by atoms with Crippen molar-refractivity contribution in [1.82, 2.24) is 0 Å². The molecule has 2 aromatic carbocycles. The quantitative estimate of drug-likeness (QED) is 0.157. The second-order valence-electron chi connectivity index (χ2n) is 11.5. The molecule has 0 radical (unpaired) electrons. The molecule has 206 valence electrons. The van der Waals surface area contributed by atoms with Gasteiger partial charge in [0.25, 0.3) is 0 Å². The number of carbonyl (C=O) groups excluding carboxylic acids is 2. The molecule has 0 bridgehead atoms. The minimum atomic E-state index is -0.253. The van der Waals surface area contributed by atoms with Gasteiger partial charge in [-0.25, -0.2) is 0 Å².